The van der Waals surface area contributed by atoms with E-state index in [0.29, 0.717) is 6.42 Å². The number of halogens is 3. The van der Waals surface area contributed by atoms with Crippen molar-refractivity contribution in [3.63, 3.8) is 0 Å². The maximum Gasteiger partial charge on any atom is 0.372 e. The van der Waals surface area contributed by atoms with Crippen LogP contribution in [-0.2, 0) is 14.4 Å². The van der Waals surface area contributed by atoms with Crippen molar-refractivity contribution in [1.82, 2.24) is 0 Å². The number of carboxylic acids is 1. The largest absolute Gasteiger partial charge is 0.475 e. The molecular weight excluding hydrogens is 402 g/mol. The van der Waals surface area contributed by atoms with Gasteiger partial charge in [0.15, 0.2) is 5.78 Å². The molecule has 4 aliphatic carbocycles. The number of carboxylic acid groups (broad SMARTS) is 1. The SMILES string of the molecule is C[C@@H]1C[C@H]2[C@@H]3C[C@H](F)C4=CC(=O)C=C[C@]4(C)[C@@]3(Cl)[C@@H](F)C[C@]2(C)[C@H]1C(=O)C(=O)O. The minimum Gasteiger partial charge on any atom is -0.475 e. The Hall–Kier alpha value is -1.56. The van der Waals surface area contributed by atoms with Crippen molar-refractivity contribution in [2.24, 2.45) is 34.5 Å². The van der Waals surface area contributed by atoms with Crippen LogP contribution in [0.25, 0.3) is 0 Å². The van der Waals surface area contributed by atoms with Gasteiger partial charge in [-0.2, -0.15) is 0 Å². The number of alkyl halides is 3. The highest BCUT2D eigenvalue weighted by Gasteiger charge is 2.72. The molecule has 0 heterocycles. The molecule has 0 spiro atoms. The molecule has 3 fully saturated rings. The average Bonchev–Trinajstić information content (AvgIpc) is 2.89. The van der Waals surface area contributed by atoms with Gasteiger partial charge in [-0.25, -0.2) is 13.6 Å². The van der Waals surface area contributed by atoms with Crippen LogP contribution >= 0.6 is 11.6 Å². The van der Waals surface area contributed by atoms with Gasteiger partial charge in [0.25, 0.3) is 0 Å². The summed E-state index contributed by atoms with van der Waals surface area (Å²) in [5.74, 6) is -4.70. The molecule has 0 aromatic rings. The van der Waals surface area contributed by atoms with Crippen LogP contribution < -0.4 is 0 Å². The summed E-state index contributed by atoms with van der Waals surface area (Å²) in [5, 5.41) is 9.30. The third-order valence-corrected chi connectivity index (χ3v) is 9.33. The van der Waals surface area contributed by atoms with E-state index in [2.05, 4.69) is 0 Å². The zero-order chi connectivity index (χ0) is 21.5. The van der Waals surface area contributed by atoms with Crippen LogP contribution in [-0.4, -0.2) is 39.9 Å². The van der Waals surface area contributed by atoms with Crippen LogP contribution in [0, 0.1) is 34.5 Å². The number of ketones is 2. The van der Waals surface area contributed by atoms with Crippen LogP contribution in [0.2, 0.25) is 0 Å². The van der Waals surface area contributed by atoms with E-state index in [1.807, 2.05) is 0 Å². The smallest absolute Gasteiger partial charge is 0.372 e. The van der Waals surface area contributed by atoms with E-state index in [9.17, 15) is 19.5 Å². The van der Waals surface area contributed by atoms with E-state index in [-0.39, 0.29) is 36.0 Å². The zero-order valence-electron chi connectivity index (χ0n) is 16.6. The van der Waals surface area contributed by atoms with Gasteiger partial charge >= 0.3 is 5.97 Å². The molecule has 7 heteroatoms. The standard InChI is InChI=1S/C22H25ClF2O4/c1-10-6-12-13-8-15(24)14-7-11(26)4-5-21(14,3)22(13,23)16(25)9-20(12,2)17(10)18(27)19(28)29/h4-5,7,10,12-13,15-17H,6,8-9H2,1-3H3,(H,28,29)/t10-,12+,13+,15+,16+,17-,20+,21+,22+/m1/s1. The van der Waals surface area contributed by atoms with Crippen LogP contribution in [0.5, 0.6) is 0 Å². The number of hydrogen-bond acceptors (Lipinski definition) is 3. The topological polar surface area (TPSA) is 71.4 Å². The highest BCUT2D eigenvalue weighted by atomic mass is 35.5. The number of hydrogen-bond donors (Lipinski definition) is 1. The third-order valence-electron chi connectivity index (χ3n) is 8.42. The van der Waals surface area contributed by atoms with E-state index in [1.54, 1.807) is 20.8 Å². The Morgan fingerprint density at radius 2 is 1.86 bits per heavy atom. The van der Waals surface area contributed by atoms with E-state index < -0.39 is 51.6 Å². The highest BCUT2D eigenvalue weighted by Crippen LogP contribution is 2.71. The molecule has 0 unspecified atom stereocenters. The van der Waals surface area contributed by atoms with Crippen molar-refractivity contribution in [1.29, 1.82) is 0 Å². The molecule has 0 saturated heterocycles. The normalized spacial score (nSPS) is 51.0. The van der Waals surface area contributed by atoms with E-state index >= 15 is 8.78 Å². The predicted molar refractivity (Wildman–Crippen MR) is 103 cm³/mol. The molecule has 0 amide bonds. The fourth-order valence-corrected chi connectivity index (χ4v) is 7.69. The van der Waals surface area contributed by atoms with Crippen molar-refractivity contribution in [3.8, 4) is 0 Å². The van der Waals surface area contributed by atoms with Gasteiger partial charge < -0.3 is 5.11 Å². The fraction of sp³-hybridized carbons (Fsp3) is 0.682. The minimum atomic E-state index is -1.58. The molecule has 1 N–H and O–H groups in total. The van der Waals surface area contributed by atoms with Crippen molar-refractivity contribution >= 4 is 29.1 Å². The first-order valence-corrected chi connectivity index (χ1v) is 10.4. The number of aliphatic carboxylic acids is 1. The van der Waals surface area contributed by atoms with Gasteiger partial charge in [-0.1, -0.05) is 26.8 Å². The van der Waals surface area contributed by atoms with Gasteiger partial charge in [0.2, 0.25) is 5.78 Å². The molecule has 158 valence electrons. The van der Waals surface area contributed by atoms with Crippen molar-refractivity contribution < 1.29 is 28.3 Å². The maximum absolute atomic E-state index is 15.9. The molecule has 0 aromatic carbocycles. The lowest BCUT2D eigenvalue weighted by Crippen LogP contribution is -2.66. The van der Waals surface area contributed by atoms with Gasteiger partial charge in [0, 0.05) is 11.3 Å². The maximum atomic E-state index is 15.9. The first-order valence-electron chi connectivity index (χ1n) is 10.1. The van der Waals surface area contributed by atoms with Crippen LogP contribution in [0.15, 0.2) is 23.8 Å². The Morgan fingerprint density at radius 3 is 2.48 bits per heavy atom. The lowest BCUT2D eigenvalue weighted by molar-refractivity contribution is -0.156. The minimum absolute atomic E-state index is 0.0343. The second-order valence-corrected chi connectivity index (χ2v) is 10.4. The summed E-state index contributed by atoms with van der Waals surface area (Å²) >= 11 is 7.07. The van der Waals surface area contributed by atoms with E-state index in [1.165, 1.54) is 18.2 Å². The van der Waals surface area contributed by atoms with Gasteiger partial charge in [0.1, 0.15) is 12.3 Å². The lowest BCUT2D eigenvalue weighted by atomic mass is 9.46. The van der Waals surface area contributed by atoms with Gasteiger partial charge in [-0.15, -0.1) is 11.6 Å². The number of Topliss-reactive ketones (excluding diaryl/α,β-unsaturated/α-hetero) is 1. The number of carbonyl (C=O) groups is 3. The molecule has 0 aliphatic heterocycles. The molecule has 9 atom stereocenters. The quantitative estimate of drug-likeness (QED) is 0.533. The Bertz CT molecular complexity index is 869. The molecule has 0 bridgehead atoms. The Labute approximate surface area is 173 Å². The molecule has 4 nitrogen and oxygen atoms in total. The highest BCUT2D eigenvalue weighted by molar-refractivity contribution is 6.34. The first kappa shape index (κ1) is 20.7. The molecule has 29 heavy (non-hydrogen) atoms. The summed E-state index contributed by atoms with van der Waals surface area (Å²) < 4.78 is 31.2. The summed E-state index contributed by atoms with van der Waals surface area (Å²) in [7, 11) is 0. The fourth-order valence-electron chi connectivity index (χ4n) is 7.20. The predicted octanol–water partition coefficient (Wildman–Crippen LogP) is 4.07. The summed E-state index contributed by atoms with van der Waals surface area (Å²) in [4.78, 5) is 34.3. The van der Waals surface area contributed by atoms with Gasteiger partial charge in [0.05, 0.1) is 4.87 Å². The first-order chi connectivity index (χ1) is 13.4. The number of allylic oxidation sites excluding steroid dienone is 4. The lowest BCUT2D eigenvalue weighted by Gasteiger charge is -2.62. The zero-order valence-corrected chi connectivity index (χ0v) is 17.4. The Balaban J connectivity index is 1.84. The van der Waals surface area contributed by atoms with Gasteiger partial charge in [-0.3, -0.25) is 9.59 Å². The number of rotatable bonds is 2. The van der Waals surface area contributed by atoms with E-state index in [0.717, 1.165) is 0 Å². The number of fused-ring (bicyclic) bond motifs is 5. The van der Waals surface area contributed by atoms with Crippen LogP contribution in [0.4, 0.5) is 8.78 Å². The Kier molecular flexibility index (Phi) is 4.44. The summed E-state index contributed by atoms with van der Waals surface area (Å²) in [6, 6.07) is 0. The Morgan fingerprint density at radius 1 is 1.21 bits per heavy atom. The average molecular weight is 427 g/mol. The molecule has 4 aliphatic rings. The molecule has 3 saturated carbocycles. The van der Waals surface area contributed by atoms with Crippen LogP contribution in [0.1, 0.15) is 40.0 Å². The molecule has 0 aromatic heterocycles. The van der Waals surface area contributed by atoms with Crippen LogP contribution in [0.3, 0.4) is 0 Å². The van der Waals surface area contributed by atoms with Crippen molar-refractivity contribution in [2.75, 3.05) is 0 Å². The molecular formula is C22H25ClF2O4. The third kappa shape index (κ3) is 2.44. The second kappa shape index (κ2) is 6.22. The monoisotopic (exact) mass is 426 g/mol. The van der Waals surface area contributed by atoms with E-state index in [4.69, 9.17) is 11.6 Å². The summed E-state index contributed by atoms with van der Waals surface area (Å²) in [5.41, 5.74) is -1.85. The molecule has 0 radical (unpaired) electrons. The summed E-state index contributed by atoms with van der Waals surface area (Å²) in [6.45, 7) is 5.25. The van der Waals surface area contributed by atoms with Crippen molar-refractivity contribution in [2.45, 2.75) is 57.3 Å². The number of carbonyl (C=O) groups excluding carboxylic acids is 2. The van der Waals surface area contributed by atoms with Gasteiger partial charge in [-0.05, 0) is 60.2 Å². The van der Waals surface area contributed by atoms with Crippen molar-refractivity contribution in [3.05, 3.63) is 23.8 Å². The second-order valence-electron chi connectivity index (χ2n) is 9.76. The molecule has 4 rings (SSSR count). The summed E-state index contributed by atoms with van der Waals surface area (Å²) in [6.07, 6.45) is 1.46.